The van der Waals surface area contributed by atoms with E-state index in [2.05, 4.69) is 10.0 Å². The minimum absolute atomic E-state index is 0.0245. The van der Waals surface area contributed by atoms with Gasteiger partial charge >= 0.3 is 0 Å². The van der Waals surface area contributed by atoms with Gasteiger partial charge in [0.05, 0.1) is 11.4 Å². The van der Waals surface area contributed by atoms with Gasteiger partial charge in [-0.2, -0.15) is 0 Å². The zero-order valence-electron chi connectivity index (χ0n) is 12.5. The Morgan fingerprint density at radius 2 is 1.87 bits per heavy atom. The fourth-order valence-electron chi connectivity index (χ4n) is 1.96. The molecule has 2 rings (SSSR count). The zero-order chi connectivity index (χ0) is 16.9. The molecule has 0 radical (unpaired) electrons. The minimum Gasteiger partial charge on any atom is -0.351 e. The lowest BCUT2D eigenvalue weighted by Gasteiger charge is -2.08. The van der Waals surface area contributed by atoms with E-state index in [9.17, 15) is 13.2 Å². The van der Waals surface area contributed by atoms with Gasteiger partial charge in [-0.25, -0.2) is 13.1 Å². The van der Waals surface area contributed by atoms with Gasteiger partial charge in [0.15, 0.2) is 0 Å². The first-order valence-corrected chi connectivity index (χ1v) is 8.80. The van der Waals surface area contributed by atoms with Gasteiger partial charge < -0.3 is 5.32 Å². The first-order valence-electron chi connectivity index (χ1n) is 6.94. The fourth-order valence-corrected chi connectivity index (χ4v) is 3.25. The Balaban J connectivity index is 1.88. The van der Waals surface area contributed by atoms with Crippen LogP contribution in [0.2, 0.25) is 5.02 Å². The number of rotatable bonds is 6. The van der Waals surface area contributed by atoms with Gasteiger partial charge in [-0.05, 0) is 30.7 Å². The second kappa shape index (κ2) is 7.59. The summed E-state index contributed by atoms with van der Waals surface area (Å²) in [5, 5.41) is 2.99. The molecule has 0 saturated heterocycles. The minimum atomic E-state index is -3.76. The van der Waals surface area contributed by atoms with E-state index >= 15 is 0 Å². The quantitative estimate of drug-likeness (QED) is 0.837. The predicted molar refractivity (Wildman–Crippen MR) is 89.7 cm³/mol. The van der Waals surface area contributed by atoms with E-state index in [4.69, 9.17) is 11.6 Å². The molecule has 0 spiro atoms. The monoisotopic (exact) mass is 352 g/mol. The number of carbonyl (C=O) groups excluding carboxylic acids is 1. The molecule has 122 valence electrons. The van der Waals surface area contributed by atoms with Crippen molar-refractivity contribution in [2.75, 3.05) is 6.54 Å². The summed E-state index contributed by atoms with van der Waals surface area (Å²) in [5.41, 5.74) is 2.05. The summed E-state index contributed by atoms with van der Waals surface area (Å²) >= 11 is 5.77. The van der Waals surface area contributed by atoms with Gasteiger partial charge in [0, 0.05) is 11.6 Å². The van der Waals surface area contributed by atoms with Crippen molar-refractivity contribution < 1.29 is 13.2 Å². The Bertz CT molecular complexity index is 806. The summed E-state index contributed by atoms with van der Waals surface area (Å²) < 4.78 is 26.4. The van der Waals surface area contributed by atoms with Crippen LogP contribution in [0.1, 0.15) is 11.1 Å². The highest BCUT2D eigenvalue weighted by Gasteiger charge is 2.15. The summed E-state index contributed by atoms with van der Waals surface area (Å²) in [6, 6.07) is 13.6. The van der Waals surface area contributed by atoms with Gasteiger partial charge in [-0.1, -0.05) is 47.5 Å². The first kappa shape index (κ1) is 17.5. The Morgan fingerprint density at radius 1 is 1.13 bits per heavy atom. The number of sulfonamides is 1. The van der Waals surface area contributed by atoms with E-state index < -0.39 is 15.9 Å². The van der Waals surface area contributed by atoms with E-state index in [1.165, 1.54) is 18.2 Å². The molecule has 5 nitrogen and oxygen atoms in total. The number of hydrogen-bond donors (Lipinski definition) is 2. The van der Waals surface area contributed by atoms with Crippen LogP contribution in [-0.2, 0) is 21.4 Å². The van der Waals surface area contributed by atoms with Crippen molar-refractivity contribution >= 4 is 27.5 Å². The van der Waals surface area contributed by atoms with Crippen molar-refractivity contribution in [3.63, 3.8) is 0 Å². The van der Waals surface area contributed by atoms with Crippen LogP contribution in [0.15, 0.2) is 53.4 Å². The van der Waals surface area contributed by atoms with Crippen LogP contribution in [0.25, 0.3) is 0 Å². The third-order valence-corrected chi connectivity index (χ3v) is 4.74. The SMILES string of the molecule is Cc1cccc(CNC(=O)CNS(=O)(=O)c2cccc(Cl)c2)c1. The topological polar surface area (TPSA) is 75.3 Å². The van der Waals surface area contributed by atoms with Crippen LogP contribution >= 0.6 is 11.6 Å². The van der Waals surface area contributed by atoms with Crippen LogP contribution in [0.3, 0.4) is 0 Å². The Hall–Kier alpha value is -1.89. The summed E-state index contributed by atoms with van der Waals surface area (Å²) in [6.45, 7) is 1.98. The summed E-state index contributed by atoms with van der Waals surface area (Å²) in [5.74, 6) is -0.405. The molecule has 2 aromatic carbocycles. The van der Waals surface area contributed by atoms with Crippen molar-refractivity contribution in [1.29, 1.82) is 0 Å². The highest BCUT2D eigenvalue weighted by molar-refractivity contribution is 7.89. The van der Waals surface area contributed by atoms with Crippen LogP contribution in [0, 0.1) is 6.92 Å². The number of hydrogen-bond acceptors (Lipinski definition) is 3. The molecule has 0 saturated carbocycles. The van der Waals surface area contributed by atoms with Crippen molar-refractivity contribution in [1.82, 2.24) is 10.0 Å². The second-order valence-electron chi connectivity index (χ2n) is 5.05. The van der Waals surface area contributed by atoms with Crippen molar-refractivity contribution in [2.24, 2.45) is 0 Å². The summed E-state index contributed by atoms with van der Waals surface area (Å²) in [7, 11) is -3.76. The maximum atomic E-state index is 12.1. The van der Waals surface area contributed by atoms with E-state index in [0.717, 1.165) is 11.1 Å². The third-order valence-electron chi connectivity index (χ3n) is 3.10. The normalized spacial score (nSPS) is 11.2. The van der Waals surface area contributed by atoms with Gasteiger partial charge in [-0.15, -0.1) is 0 Å². The summed E-state index contributed by atoms with van der Waals surface area (Å²) in [4.78, 5) is 11.8. The fraction of sp³-hybridized carbons (Fsp3) is 0.188. The molecular weight excluding hydrogens is 336 g/mol. The van der Waals surface area contributed by atoms with E-state index in [-0.39, 0.29) is 11.4 Å². The second-order valence-corrected chi connectivity index (χ2v) is 7.25. The highest BCUT2D eigenvalue weighted by atomic mass is 35.5. The molecule has 1 amide bonds. The van der Waals surface area contributed by atoms with Crippen LogP contribution in [0.5, 0.6) is 0 Å². The Kier molecular flexibility index (Phi) is 5.76. The van der Waals surface area contributed by atoms with Gasteiger partial charge in [0.25, 0.3) is 0 Å². The number of halogens is 1. The molecule has 0 aromatic heterocycles. The molecular formula is C16H17ClN2O3S. The molecule has 23 heavy (non-hydrogen) atoms. The molecule has 2 N–H and O–H groups in total. The average molecular weight is 353 g/mol. The smallest absolute Gasteiger partial charge is 0.241 e. The lowest BCUT2D eigenvalue weighted by Crippen LogP contribution is -2.36. The largest absolute Gasteiger partial charge is 0.351 e. The number of carbonyl (C=O) groups is 1. The predicted octanol–water partition coefficient (Wildman–Crippen LogP) is 2.24. The van der Waals surface area contributed by atoms with Crippen molar-refractivity contribution in [2.45, 2.75) is 18.4 Å². The van der Waals surface area contributed by atoms with Crippen LogP contribution in [0.4, 0.5) is 0 Å². The molecule has 2 aromatic rings. The van der Waals surface area contributed by atoms with Gasteiger partial charge in [-0.3, -0.25) is 4.79 Å². The molecule has 0 fully saturated rings. The average Bonchev–Trinajstić information content (AvgIpc) is 2.51. The molecule has 0 aliphatic heterocycles. The number of benzene rings is 2. The lowest BCUT2D eigenvalue weighted by molar-refractivity contribution is -0.120. The molecule has 7 heteroatoms. The maximum Gasteiger partial charge on any atom is 0.241 e. The standard InChI is InChI=1S/C16H17ClN2O3S/c1-12-4-2-5-13(8-12)10-18-16(20)11-19-23(21,22)15-7-3-6-14(17)9-15/h2-9,19H,10-11H2,1H3,(H,18,20). The zero-order valence-corrected chi connectivity index (χ0v) is 14.1. The maximum absolute atomic E-state index is 12.1. The Labute approximate surface area is 140 Å². The lowest BCUT2D eigenvalue weighted by atomic mass is 10.1. The first-order chi connectivity index (χ1) is 10.9. The van der Waals surface area contributed by atoms with Crippen LogP contribution < -0.4 is 10.0 Å². The molecule has 0 unspecified atom stereocenters. The van der Waals surface area contributed by atoms with E-state index in [1.54, 1.807) is 6.07 Å². The van der Waals surface area contributed by atoms with Crippen LogP contribution in [-0.4, -0.2) is 20.9 Å². The molecule has 0 bridgehead atoms. The van der Waals surface area contributed by atoms with Crippen molar-refractivity contribution in [3.8, 4) is 0 Å². The Morgan fingerprint density at radius 3 is 2.57 bits per heavy atom. The molecule has 0 aliphatic rings. The van der Waals surface area contributed by atoms with Crippen molar-refractivity contribution in [3.05, 3.63) is 64.7 Å². The van der Waals surface area contributed by atoms with E-state index in [0.29, 0.717) is 11.6 Å². The number of nitrogens with one attached hydrogen (secondary N) is 2. The molecule has 0 atom stereocenters. The van der Waals surface area contributed by atoms with E-state index in [1.807, 2.05) is 31.2 Å². The molecule has 0 aliphatic carbocycles. The third kappa shape index (κ3) is 5.35. The number of aryl methyl sites for hydroxylation is 1. The highest BCUT2D eigenvalue weighted by Crippen LogP contribution is 2.14. The summed E-state index contributed by atoms with van der Waals surface area (Å²) in [6.07, 6.45) is 0. The molecule has 0 heterocycles. The number of amides is 1. The van der Waals surface area contributed by atoms with Gasteiger partial charge in [0.1, 0.15) is 0 Å². The van der Waals surface area contributed by atoms with Gasteiger partial charge in [0.2, 0.25) is 15.9 Å².